The Kier molecular flexibility index (Phi) is 3.75. The summed E-state index contributed by atoms with van der Waals surface area (Å²) in [6.07, 6.45) is 0. The van der Waals surface area contributed by atoms with E-state index in [1.807, 2.05) is 6.07 Å². The van der Waals surface area contributed by atoms with Gasteiger partial charge in [0.15, 0.2) is 5.78 Å². The molecule has 0 amide bonds. The van der Waals surface area contributed by atoms with E-state index < -0.39 is 11.7 Å². The maximum Gasteiger partial charge on any atom is 0.185 e. The van der Waals surface area contributed by atoms with Crippen LogP contribution in [0.3, 0.4) is 0 Å². The number of hydrogen-bond donors (Lipinski definition) is 0. The molecule has 1 aromatic heterocycles. The largest absolute Gasteiger partial charge is 0.292 e. The van der Waals surface area contributed by atoms with E-state index in [4.69, 9.17) is 16.9 Å². The van der Waals surface area contributed by atoms with Gasteiger partial charge in [-0.15, -0.1) is 11.3 Å². The maximum atomic E-state index is 13.0. The number of carbonyl (C=O) groups excluding carboxylic acids is 1. The highest BCUT2D eigenvalue weighted by Crippen LogP contribution is 2.26. The van der Waals surface area contributed by atoms with Crippen molar-refractivity contribution in [3.63, 3.8) is 0 Å². The Morgan fingerprint density at radius 1 is 1.44 bits per heavy atom. The van der Waals surface area contributed by atoms with Crippen molar-refractivity contribution >= 4 is 28.7 Å². The predicted molar refractivity (Wildman–Crippen MR) is 68.4 cm³/mol. The fourth-order valence-electron chi connectivity index (χ4n) is 1.52. The van der Waals surface area contributed by atoms with Gasteiger partial charge in [0.25, 0.3) is 0 Å². The van der Waals surface area contributed by atoms with Crippen LogP contribution in [0.1, 0.15) is 21.2 Å². The predicted octanol–water partition coefficient (Wildman–Crippen LogP) is 4.03. The first-order valence-corrected chi connectivity index (χ1v) is 6.31. The second-order valence-corrected chi connectivity index (χ2v) is 4.96. The van der Waals surface area contributed by atoms with Gasteiger partial charge in [0, 0.05) is 10.4 Å². The van der Waals surface area contributed by atoms with Crippen LogP contribution < -0.4 is 0 Å². The molecule has 5 heteroatoms. The van der Waals surface area contributed by atoms with Crippen LogP contribution in [0, 0.1) is 17.1 Å². The minimum atomic E-state index is -0.869. The second kappa shape index (κ2) is 5.30. The first-order chi connectivity index (χ1) is 8.63. The van der Waals surface area contributed by atoms with Gasteiger partial charge in [-0.05, 0) is 29.6 Å². The Hall–Kier alpha value is -1.70. The molecule has 0 saturated carbocycles. The molecule has 1 atom stereocenters. The lowest BCUT2D eigenvalue weighted by atomic mass is 9.97. The Morgan fingerprint density at radius 2 is 2.22 bits per heavy atom. The topological polar surface area (TPSA) is 40.9 Å². The van der Waals surface area contributed by atoms with Gasteiger partial charge >= 0.3 is 0 Å². The monoisotopic (exact) mass is 279 g/mol. The Morgan fingerprint density at radius 3 is 2.78 bits per heavy atom. The molecule has 0 N–H and O–H groups in total. The molecule has 0 bridgehead atoms. The molecule has 0 fully saturated rings. The highest BCUT2D eigenvalue weighted by molar-refractivity contribution is 7.10. The zero-order valence-electron chi connectivity index (χ0n) is 9.06. The van der Waals surface area contributed by atoms with E-state index in [2.05, 4.69) is 0 Å². The van der Waals surface area contributed by atoms with Crippen molar-refractivity contribution in [3.05, 3.63) is 57.0 Å². The Bertz CT molecular complexity index is 618. The van der Waals surface area contributed by atoms with Crippen LogP contribution in [0.15, 0.2) is 35.7 Å². The van der Waals surface area contributed by atoms with Crippen LogP contribution in [0.5, 0.6) is 0 Å². The molecular formula is C13H7ClFNOS. The molecule has 90 valence electrons. The molecule has 0 saturated heterocycles. The maximum absolute atomic E-state index is 13.0. The van der Waals surface area contributed by atoms with Gasteiger partial charge < -0.3 is 0 Å². The van der Waals surface area contributed by atoms with Crippen LogP contribution in [-0.2, 0) is 0 Å². The number of nitrogens with zero attached hydrogens (tertiary/aromatic N) is 1. The van der Waals surface area contributed by atoms with Crippen molar-refractivity contribution in [2.75, 3.05) is 0 Å². The fraction of sp³-hybridized carbons (Fsp3) is 0.0769. The van der Waals surface area contributed by atoms with E-state index in [1.165, 1.54) is 23.5 Å². The second-order valence-electron chi connectivity index (χ2n) is 3.57. The van der Waals surface area contributed by atoms with Crippen LogP contribution in [0.4, 0.5) is 4.39 Å². The smallest absolute Gasteiger partial charge is 0.185 e. The third-order valence-corrected chi connectivity index (χ3v) is 3.65. The molecule has 0 aliphatic carbocycles. The normalized spacial score (nSPS) is 11.8. The van der Waals surface area contributed by atoms with Crippen molar-refractivity contribution < 1.29 is 9.18 Å². The van der Waals surface area contributed by atoms with Crippen molar-refractivity contribution in [1.29, 1.82) is 5.26 Å². The Labute approximate surface area is 112 Å². The third-order valence-electron chi connectivity index (χ3n) is 2.42. The van der Waals surface area contributed by atoms with Gasteiger partial charge in [-0.2, -0.15) is 5.26 Å². The summed E-state index contributed by atoms with van der Waals surface area (Å²) in [7, 11) is 0. The zero-order chi connectivity index (χ0) is 13.1. The van der Waals surface area contributed by atoms with E-state index in [0.717, 1.165) is 6.07 Å². The number of halogens is 2. The number of hydrogen-bond acceptors (Lipinski definition) is 3. The summed E-state index contributed by atoms with van der Waals surface area (Å²) in [6.45, 7) is 0. The first kappa shape index (κ1) is 12.7. The summed E-state index contributed by atoms with van der Waals surface area (Å²) in [4.78, 5) is 12.8. The number of rotatable bonds is 3. The van der Waals surface area contributed by atoms with E-state index in [9.17, 15) is 9.18 Å². The summed E-state index contributed by atoms with van der Waals surface area (Å²) >= 11 is 6.96. The summed E-state index contributed by atoms with van der Waals surface area (Å²) in [5.41, 5.74) is 0.237. The first-order valence-electron chi connectivity index (χ1n) is 5.05. The van der Waals surface area contributed by atoms with Gasteiger partial charge in [-0.3, -0.25) is 4.79 Å². The lowest BCUT2D eigenvalue weighted by Gasteiger charge is -2.06. The van der Waals surface area contributed by atoms with E-state index >= 15 is 0 Å². The van der Waals surface area contributed by atoms with Crippen LogP contribution >= 0.6 is 22.9 Å². The molecule has 18 heavy (non-hydrogen) atoms. The molecule has 0 radical (unpaired) electrons. The van der Waals surface area contributed by atoms with Crippen molar-refractivity contribution in [2.45, 2.75) is 5.92 Å². The standard InChI is InChI=1S/C13H7ClFNOS/c14-10-6-8(3-4-11(10)15)13(17)9(7-16)12-2-1-5-18-12/h1-6,9H. The molecule has 0 aliphatic heterocycles. The Balaban J connectivity index is 2.36. The number of nitriles is 1. The van der Waals surface area contributed by atoms with Gasteiger partial charge in [-0.25, -0.2) is 4.39 Å². The number of ketones is 1. The van der Waals surface area contributed by atoms with Gasteiger partial charge in [0.2, 0.25) is 0 Å². The summed E-state index contributed by atoms with van der Waals surface area (Å²) in [5.74, 6) is -1.83. The summed E-state index contributed by atoms with van der Waals surface area (Å²) in [5, 5.41) is 10.8. The van der Waals surface area contributed by atoms with Crippen molar-refractivity contribution in [3.8, 4) is 6.07 Å². The molecule has 1 unspecified atom stereocenters. The van der Waals surface area contributed by atoms with Crippen LogP contribution in [0.25, 0.3) is 0 Å². The lowest BCUT2D eigenvalue weighted by Crippen LogP contribution is -2.10. The average molecular weight is 280 g/mol. The molecule has 1 aromatic carbocycles. The van der Waals surface area contributed by atoms with Crippen molar-refractivity contribution in [1.82, 2.24) is 0 Å². The van der Waals surface area contributed by atoms with Crippen LogP contribution in [-0.4, -0.2) is 5.78 Å². The fourth-order valence-corrected chi connectivity index (χ4v) is 2.47. The minimum Gasteiger partial charge on any atom is -0.292 e. The highest BCUT2D eigenvalue weighted by Gasteiger charge is 2.23. The molecule has 2 aromatic rings. The number of benzene rings is 1. The van der Waals surface area contributed by atoms with Gasteiger partial charge in [0.1, 0.15) is 11.7 Å². The molecular weight excluding hydrogens is 273 g/mol. The number of carbonyl (C=O) groups is 1. The lowest BCUT2D eigenvalue weighted by molar-refractivity contribution is 0.0980. The minimum absolute atomic E-state index is 0.122. The number of thiophene rings is 1. The van der Waals surface area contributed by atoms with Crippen LogP contribution in [0.2, 0.25) is 5.02 Å². The van der Waals surface area contributed by atoms with Gasteiger partial charge in [-0.1, -0.05) is 17.7 Å². The zero-order valence-corrected chi connectivity index (χ0v) is 10.6. The van der Waals surface area contributed by atoms with E-state index in [1.54, 1.807) is 17.5 Å². The molecule has 0 spiro atoms. The summed E-state index contributed by atoms with van der Waals surface area (Å²) in [6, 6.07) is 9.16. The van der Waals surface area contributed by atoms with Gasteiger partial charge in [0.05, 0.1) is 11.1 Å². The molecule has 1 heterocycles. The SMILES string of the molecule is N#CC(C(=O)c1ccc(F)c(Cl)c1)c1cccs1. The molecule has 0 aliphatic rings. The van der Waals surface area contributed by atoms with E-state index in [-0.39, 0.29) is 16.4 Å². The number of Topliss-reactive ketones (excluding diaryl/α,β-unsaturated/α-hetero) is 1. The third kappa shape index (κ3) is 2.42. The van der Waals surface area contributed by atoms with E-state index in [0.29, 0.717) is 4.88 Å². The summed E-state index contributed by atoms with van der Waals surface area (Å²) < 4.78 is 13.0. The molecule has 2 nitrogen and oxygen atoms in total. The quantitative estimate of drug-likeness (QED) is 0.796. The highest BCUT2D eigenvalue weighted by atomic mass is 35.5. The molecule has 2 rings (SSSR count). The van der Waals surface area contributed by atoms with Crippen molar-refractivity contribution in [2.24, 2.45) is 0 Å². The average Bonchev–Trinajstić information content (AvgIpc) is 2.87.